The van der Waals surface area contributed by atoms with Gasteiger partial charge in [0.2, 0.25) is 0 Å². The monoisotopic (exact) mass is 343 g/mol. The van der Waals surface area contributed by atoms with Crippen molar-refractivity contribution in [2.45, 2.75) is 38.5 Å². The fraction of sp³-hybridized carbons (Fsp3) is 0.474. The van der Waals surface area contributed by atoms with E-state index in [1.54, 1.807) is 12.1 Å². The molecule has 0 aliphatic heterocycles. The number of carbonyl (C=O) groups is 4. The largest absolute Gasteiger partial charge is 0.338 e. The molecule has 1 aromatic carbocycles. The summed E-state index contributed by atoms with van der Waals surface area (Å²) in [6, 6.07) is 6.37. The van der Waals surface area contributed by atoms with Crippen molar-refractivity contribution in [3.05, 3.63) is 35.4 Å². The van der Waals surface area contributed by atoms with Crippen LogP contribution in [0, 0.1) is 10.8 Å². The predicted octanol–water partition coefficient (Wildman–Crippen LogP) is 2.57. The van der Waals surface area contributed by atoms with Gasteiger partial charge in [-0.15, -0.1) is 0 Å². The van der Waals surface area contributed by atoms with E-state index >= 15 is 0 Å². The third kappa shape index (κ3) is 2.97. The Labute approximate surface area is 146 Å². The van der Waals surface area contributed by atoms with Crippen LogP contribution in [0.25, 0.3) is 0 Å². The number of rotatable bonds is 4. The number of fused-ring (bicyclic) bond motifs is 3. The summed E-state index contributed by atoms with van der Waals surface area (Å²) in [5, 5.41) is 0.898. The van der Waals surface area contributed by atoms with Crippen molar-refractivity contribution in [1.29, 1.82) is 0 Å². The maximum Gasteiger partial charge on any atom is 0.338 e. The molecule has 4 rings (SSSR count). The third-order valence-electron chi connectivity index (χ3n) is 5.81. The van der Waals surface area contributed by atoms with Crippen molar-refractivity contribution in [2.75, 3.05) is 7.05 Å². The summed E-state index contributed by atoms with van der Waals surface area (Å²) in [7, 11) is 1.37. The number of benzene rings is 1. The normalized spacial score (nSPS) is 27.4. The van der Waals surface area contributed by atoms with Crippen molar-refractivity contribution >= 4 is 24.4 Å². The van der Waals surface area contributed by atoms with E-state index in [1.165, 1.54) is 19.2 Å². The number of carbonyl (C=O) groups excluding carboxylic acids is 4. The number of hydroxylamine groups is 2. The SMILES string of the molecule is CN(OC(=O)C12CCC(C=O)(CC1)CC2)C(=O)c1ccccc1C=O. The Morgan fingerprint density at radius 1 is 1.04 bits per heavy atom. The molecule has 3 aliphatic rings. The molecule has 0 spiro atoms. The molecule has 132 valence electrons. The van der Waals surface area contributed by atoms with Crippen molar-refractivity contribution in [3.8, 4) is 0 Å². The van der Waals surface area contributed by atoms with Gasteiger partial charge in [-0.25, -0.2) is 4.79 Å². The molecule has 1 amide bonds. The molecular weight excluding hydrogens is 322 g/mol. The van der Waals surface area contributed by atoms with Gasteiger partial charge in [-0.1, -0.05) is 18.2 Å². The van der Waals surface area contributed by atoms with Crippen LogP contribution in [0.4, 0.5) is 0 Å². The molecule has 0 aromatic heterocycles. The lowest BCUT2D eigenvalue weighted by Crippen LogP contribution is -2.48. The van der Waals surface area contributed by atoms with Gasteiger partial charge in [0, 0.05) is 18.0 Å². The Bertz CT molecular complexity index is 702. The van der Waals surface area contributed by atoms with Crippen LogP contribution in [0.2, 0.25) is 0 Å². The second-order valence-electron chi connectivity index (χ2n) is 7.15. The summed E-state index contributed by atoms with van der Waals surface area (Å²) in [4.78, 5) is 52.9. The molecule has 0 radical (unpaired) electrons. The lowest BCUT2D eigenvalue weighted by atomic mass is 9.54. The minimum absolute atomic E-state index is 0.192. The summed E-state index contributed by atoms with van der Waals surface area (Å²) in [6.45, 7) is 0. The van der Waals surface area contributed by atoms with Gasteiger partial charge in [-0.05, 0) is 44.6 Å². The maximum atomic E-state index is 12.7. The molecule has 1 aromatic rings. The summed E-state index contributed by atoms with van der Waals surface area (Å²) >= 11 is 0. The van der Waals surface area contributed by atoms with Gasteiger partial charge >= 0.3 is 5.97 Å². The van der Waals surface area contributed by atoms with Crippen LogP contribution >= 0.6 is 0 Å². The average molecular weight is 343 g/mol. The van der Waals surface area contributed by atoms with E-state index in [-0.39, 0.29) is 16.5 Å². The zero-order valence-corrected chi connectivity index (χ0v) is 14.2. The minimum Gasteiger partial charge on any atom is -0.338 e. The topological polar surface area (TPSA) is 80.8 Å². The van der Waals surface area contributed by atoms with E-state index in [4.69, 9.17) is 4.84 Å². The molecule has 0 N–H and O–H groups in total. The van der Waals surface area contributed by atoms with Gasteiger partial charge in [-0.2, -0.15) is 5.06 Å². The summed E-state index contributed by atoms with van der Waals surface area (Å²) in [5.41, 5.74) is -0.437. The maximum absolute atomic E-state index is 12.7. The fourth-order valence-electron chi connectivity index (χ4n) is 3.92. The molecule has 0 unspecified atom stereocenters. The Morgan fingerprint density at radius 3 is 2.20 bits per heavy atom. The third-order valence-corrected chi connectivity index (χ3v) is 5.81. The van der Waals surface area contributed by atoms with Crippen LogP contribution < -0.4 is 0 Å². The Kier molecular flexibility index (Phi) is 4.45. The Morgan fingerprint density at radius 2 is 1.64 bits per heavy atom. The van der Waals surface area contributed by atoms with Crippen molar-refractivity contribution < 1.29 is 24.0 Å². The molecule has 0 saturated heterocycles. The van der Waals surface area contributed by atoms with Gasteiger partial charge < -0.3 is 9.63 Å². The van der Waals surface area contributed by atoms with E-state index in [0.29, 0.717) is 44.8 Å². The number of aldehydes is 2. The molecule has 0 atom stereocenters. The smallest absolute Gasteiger partial charge is 0.338 e. The quantitative estimate of drug-likeness (QED) is 0.620. The Hall–Kier alpha value is -2.50. The van der Waals surface area contributed by atoms with Crippen LogP contribution in [0.5, 0.6) is 0 Å². The second-order valence-corrected chi connectivity index (χ2v) is 7.15. The van der Waals surface area contributed by atoms with Crippen LogP contribution in [0.3, 0.4) is 0 Å². The highest BCUT2D eigenvalue weighted by atomic mass is 16.7. The highest BCUT2D eigenvalue weighted by Crippen LogP contribution is 2.56. The first kappa shape index (κ1) is 17.3. The predicted molar refractivity (Wildman–Crippen MR) is 88.6 cm³/mol. The van der Waals surface area contributed by atoms with E-state index in [9.17, 15) is 19.2 Å². The lowest BCUT2D eigenvalue weighted by molar-refractivity contribution is -0.195. The van der Waals surface area contributed by atoms with Crippen molar-refractivity contribution in [3.63, 3.8) is 0 Å². The van der Waals surface area contributed by atoms with E-state index in [1.807, 2.05) is 0 Å². The minimum atomic E-state index is -0.608. The van der Waals surface area contributed by atoms with Gasteiger partial charge in [0.05, 0.1) is 11.0 Å². The highest BCUT2D eigenvalue weighted by Gasteiger charge is 2.53. The summed E-state index contributed by atoms with van der Waals surface area (Å²) in [5.74, 6) is -0.965. The van der Waals surface area contributed by atoms with Crippen LogP contribution in [0.15, 0.2) is 24.3 Å². The number of hydrogen-bond donors (Lipinski definition) is 0. The van der Waals surface area contributed by atoms with Crippen molar-refractivity contribution in [2.24, 2.45) is 10.8 Å². The number of hydrogen-bond acceptors (Lipinski definition) is 5. The fourth-order valence-corrected chi connectivity index (χ4v) is 3.92. The van der Waals surface area contributed by atoms with Gasteiger partial charge in [0.1, 0.15) is 6.29 Å². The van der Waals surface area contributed by atoms with Crippen LogP contribution in [-0.2, 0) is 14.4 Å². The molecule has 3 saturated carbocycles. The average Bonchev–Trinajstić information content (AvgIpc) is 2.68. The molecule has 0 heterocycles. The molecule has 6 heteroatoms. The first-order valence-electron chi connectivity index (χ1n) is 8.46. The molecule has 6 nitrogen and oxygen atoms in total. The molecular formula is C19H21NO5. The molecule has 3 aliphatic carbocycles. The van der Waals surface area contributed by atoms with E-state index in [2.05, 4.69) is 0 Å². The molecule has 3 fully saturated rings. The van der Waals surface area contributed by atoms with Crippen LogP contribution in [-0.4, -0.2) is 36.6 Å². The van der Waals surface area contributed by atoms with E-state index < -0.39 is 17.3 Å². The molecule has 25 heavy (non-hydrogen) atoms. The first-order valence-corrected chi connectivity index (χ1v) is 8.46. The Balaban J connectivity index is 1.70. The number of nitrogens with zero attached hydrogens (tertiary/aromatic N) is 1. The summed E-state index contributed by atoms with van der Waals surface area (Å²) < 4.78 is 0. The first-order chi connectivity index (χ1) is 12.0. The van der Waals surface area contributed by atoms with Gasteiger partial charge in [0.25, 0.3) is 5.91 Å². The van der Waals surface area contributed by atoms with Gasteiger partial charge in [-0.3, -0.25) is 9.59 Å². The zero-order valence-electron chi connectivity index (χ0n) is 14.2. The second kappa shape index (κ2) is 6.43. The highest BCUT2D eigenvalue weighted by molar-refractivity contribution is 6.01. The van der Waals surface area contributed by atoms with Gasteiger partial charge in [0.15, 0.2) is 6.29 Å². The lowest BCUT2D eigenvalue weighted by Gasteiger charge is -2.49. The number of amides is 1. The zero-order chi connectivity index (χ0) is 18.1. The van der Waals surface area contributed by atoms with Crippen molar-refractivity contribution in [1.82, 2.24) is 5.06 Å². The molecule has 2 bridgehead atoms. The summed E-state index contributed by atoms with van der Waals surface area (Å²) in [6.07, 6.45) is 5.54. The van der Waals surface area contributed by atoms with E-state index in [0.717, 1.165) is 11.3 Å². The van der Waals surface area contributed by atoms with Crippen LogP contribution in [0.1, 0.15) is 59.2 Å². The standard InChI is InChI=1S/C19H21NO5/c1-20(16(23)15-5-3-2-4-14(15)12-21)25-17(24)19-9-6-18(13-22,7-10-19)8-11-19/h2-5,12-13H,6-11H2,1H3.